The van der Waals surface area contributed by atoms with Crippen LogP contribution in [-0.4, -0.2) is 31.4 Å². The summed E-state index contributed by atoms with van der Waals surface area (Å²) in [5.74, 6) is 2.53. The normalized spacial score (nSPS) is 11.3. The summed E-state index contributed by atoms with van der Waals surface area (Å²) in [6.07, 6.45) is 2.96. The summed E-state index contributed by atoms with van der Waals surface area (Å²) in [4.78, 5) is 3.27. The van der Waals surface area contributed by atoms with Crippen LogP contribution in [-0.2, 0) is 7.05 Å². The number of H-pyrrole nitrogens is 1. The molecule has 0 bridgehead atoms. The second kappa shape index (κ2) is 5.89. The number of benzene rings is 1. The van der Waals surface area contributed by atoms with Crippen LogP contribution in [0.3, 0.4) is 0 Å². The Hall–Kier alpha value is -1.46. The van der Waals surface area contributed by atoms with Crippen molar-refractivity contribution < 1.29 is 0 Å². The number of halogens is 1. The van der Waals surface area contributed by atoms with Gasteiger partial charge in [0.1, 0.15) is 0 Å². The Morgan fingerprint density at radius 2 is 2.15 bits per heavy atom. The second-order valence-electron chi connectivity index (χ2n) is 4.50. The summed E-state index contributed by atoms with van der Waals surface area (Å²) in [6, 6.07) is 8.21. The van der Waals surface area contributed by atoms with Crippen molar-refractivity contribution >= 4 is 34.3 Å². The van der Waals surface area contributed by atoms with E-state index in [0.29, 0.717) is 5.88 Å². The summed E-state index contributed by atoms with van der Waals surface area (Å²) in [6.45, 7) is 0. The lowest BCUT2D eigenvalue weighted by Gasteiger charge is -2.02. The average Bonchev–Trinajstić information content (AvgIpc) is 3.04. The molecule has 0 aliphatic carbocycles. The van der Waals surface area contributed by atoms with Gasteiger partial charge in [0, 0.05) is 41.3 Å². The maximum absolute atomic E-state index is 5.70. The minimum Gasteiger partial charge on any atom is -0.360 e. The SMILES string of the molecule is Cn1c(SCCCCl)nnc1-c1c[nH]c2ccccc12. The van der Waals surface area contributed by atoms with E-state index in [4.69, 9.17) is 11.6 Å². The zero-order valence-electron chi connectivity index (χ0n) is 11.1. The molecule has 0 fully saturated rings. The van der Waals surface area contributed by atoms with Crippen molar-refractivity contribution in [1.29, 1.82) is 0 Å². The number of thioether (sulfide) groups is 1. The van der Waals surface area contributed by atoms with Gasteiger partial charge in [0.15, 0.2) is 11.0 Å². The highest BCUT2D eigenvalue weighted by atomic mass is 35.5. The van der Waals surface area contributed by atoms with E-state index in [9.17, 15) is 0 Å². The van der Waals surface area contributed by atoms with Crippen LogP contribution in [0.4, 0.5) is 0 Å². The molecular formula is C14H15ClN4S. The number of para-hydroxylation sites is 1. The number of aromatic nitrogens is 4. The molecule has 2 heterocycles. The number of rotatable bonds is 5. The van der Waals surface area contributed by atoms with Gasteiger partial charge < -0.3 is 9.55 Å². The Balaban J connectivity index is 1.94. The van der Waals surface area contributed by atoms with Crippen LogP contribution in [0.15, 0.2) is 35.6 Å². The zero-order chi connectivity index (χ0) is 13.9. The third kappa shape index (κ3) is 2.43. The predicted octanol–water partition coefficient (Wildman–Crippen LogP) is 3.68. The van der Waals surface area contributed by atoms with E-state index in [1.54, 1.807) is 11.8 Å². The molecule has 0 saturated heterocycles. The van der Waals surface area contributed by atoms with Gasteiger partial charge in [-0.2, -0.15) is 0 Å². The van der Waals surface area contributed by atoms with Crippen molar-refractivity contribution in [2.24, 2.45) is 7.05 Å². The Morgan fingerprint density at radius 3 is 3.00 bits per heavy atom. The minimum atomic E-state index is 0.681. The molecule has 4 nitrogen and oxygen atoms in total. The highest BCUT2D eigenvalue weighted by Crippen LogP contribution is 2.29. The topological polar surface area (TPSA) is 46.5 Å². The molecule has 104 valence electrons. The monoisotopic (exact) mass is 306 g/mol. The van der Waals surface area contributed by atoms with Crippen molar-refractivity contribution in [3.05, 3.63) is 30.5 Å². The fraction of sp³-hybridized carbons (Fsp3) is 0.286. The van der Waals surface area contributed by atoms with E-state index >= 15 is 0 Å². The first-order valence-electron chi connectivity index (χ1n) is 6.46. The van der Waals surface area contributed by atoms with Crippen LogP contribution >= 0.6 is 23.4 Å². The van der Waals surface area contributed by atoms with Gasteiger partial charge in [-0.15, -0.1) is 21.8 Å². The summed E-state index contributed by atoms with van der Waals surface area (Å²) >= 11 is 7.39. The number of hydrogen-bond donors (Lipinski definition) is 1. The molecule has 3 rings (SSSR count). The van der Waals surface area contributed by atoms with Crippen LogP contribution in [0.1, 0.15) is 6.42 Å². The fourth-order valence-electron chi connectivity index (χ4n) is 2.15. The molecule has 20 heavy (non-hydrogen) atoms. The molecule has 0 spiro atoms. The molecule has 0 radical (unpaired) electrons. The number of nitrogens with one attached hydrogen (secondary N) is 1. The third-order valence-corrected chi connectivity index (χ3v) is 4.55. The molecular weight excluding hydrogens is 292 g/mol. The van der Waals surface area contributed by atoms with Gasteiger partial charge >= 0.3 is 0 Å². The third-order valence-electron chi connectivity index (χ3n) is 3.17. The highest BCUT2D eigenvalue weighted by Gasteiger charge is 2.14. The van der Waals surface area contributed by atoms with Crippen molar-refractivity contribution in [3.8, 4) is 11.4 Å². The van der Waals surface area contributed by atoms with Gasteiger partial charge in [0.05, 0.1) is 0 Å². The average molecular weight is 307 g/mol. The molecule has 0 aliphatic rings. The first-order valence-corrected chi connectivity index (χ1v) is 7.98. The van der Waals surface area contributed by atoms with E-state index in [1.807, 2.05) is 29.9 Å². The molecule has 0 amide bonds. The lowest BCUT2D eigenvalue weighted by Crippen LogP contribution is -1.95. The van der Waals surface area contributed by atoms with Crippen LogP contribution < -0.4 is 0 Å². The standard InChI is InChI=1S/C14H15ClN4S/c1-19-13(17-18-14(19)20-8-4-7-15)11-9-16-12-6-3-2-5-10(11)12/h2-3,5-6,9,16H,4,7-8H2,1H3. The molecule has 6 heteroatoms. The Labute approximate surface area is 126 Å². The number of aromatic amines is 1. The Kier molecular flexibility index (Phi) is 3.98. The van der Waals surface area contributed by atoms with Gasteiger partial charge in [-0.05, 0) is 12.5 Å². The van der Waals surface area contributed by atoms with E-state index in [-0.39, 0.29) is 0 Å². The van der Waals surface area contributed by atoms with Crippen molar-refractivity contribution in [2.75, 3.05) is 11.6 Å². The predicted molar refractivity (Wildman–Crippen MR) is 84.4 cm³/mol. The van der Waals surface area contributed by atoms with E-state index in [1.165, 1.54) is 5.39 Å². The van der Waals surface area contributed by atoms with E-state index in [0.717, 1.165) is 34.2 Å². The maximum Gasteiger partial charge on any atom is 0.191 e. The van der Waals surface area contributed by atoms with Crippen molar-refractivity contribution in [2.45, 2.75) is 11.6 Å². The number of fused-ring (bicyclic) bond motifs is 1. The van der Waals surface area contributed by atoms with Gasteiger partial charge in [-0.25, -0.2) is 0 Å². The highest BCUT2D eigenvalue weighted by molar-refractivity contribution is 7.99. The van der Waals surface area contributed by atoms with Gasteiger partial charge in [0.2, 0.25) is 0 Å². The minimum absolute atomic E-state index is 0.681. The molecule has 0 unspecified atom stereocenters. The van der Waals surface area contributed by atoms with Crippen molar-refractivity contribution in [1.82, 2.24) is 19.7 Å². The number of nitrogens with zero attached hydrogens (tertiary/aromatic N) is 3. The first kappa shape index (κ1) is 13.5. The Bertz CT molecular complexity index is 719. The van der Waals surface area contributed by atoms with E-state index < -0.39 is 0 Å². The first-order chi connectivity index (χ1) is 9.81. The fourth-order valence-corrected chi connectivity index (χ4v) is 3.29. The molecule has 2 aromatic heterocycles. The van der Waals surface area contributed by atoms with Crippen LogP contribution in [0, 0.1) is 0 Å². The molecule has 0 atom stereocenters. The maximum atomic E-state index is 5.70. The quantitative estimate of drug-likeness (QED) is 0.444. The lowest BCUT2D eigenvalue weighted by molar-refractivity contribution is 0.793. The van der Waals surface area contributed by atoms with Gasteiger partial charge in [0.25, 0.3) is 0 Å². The molecule has 0 aliphatic heterocycles. The van der Waals surface area contributed by atoms with E-state index in [2.05, 4.69) is 27.3 Å². The summed E-state index contributed by atoms with van der Waals surface area (Å²) in [7, 11) is 2.00. The van der Waals surface area contributed by atoms with Gasteiger partial charge in [-0.1, -0.05) is 30.0 Å². The molecule has 1 aromatic carbocycles. The van der Waals surface area contributed by atoms with Crippen LogP contribution in [0.5, 0.6) is 0 Å². The largest absolute Gasteiger partial charge is 0.360 e. The summed E-state index contributed by atoms with van der Waals surface area (Å²) in [5, 5.41) is 10.7. The molecule has 3 aromatic rings. The second-order valence-corrected chi connectivity index (χ2v) is 5.94. The lowest BCUT2D eigenvalue weighted by atomic mass is 10.1. The van der Waals surface area contributed by atoms with Crippen LogP contribution in [0.2, 0.25) is 0 Å². The number of alkyl halides is 1. The molecule has 0 saturated carbocycles. The summed E-state index contributed by atoms with van der Waals surface area (Å²) < 4.78 is 2.04. The van der Waals surface area contributed by atoms with Crippen LogP contribution in [0.25, 0.3) is 22.3 Å². The number of hydrogen-bond acceptors (Lipinski definition) is 3. The molecule has 1 N–H and O–H groups in total. The Morgan fingerprint density at radius 1 is 1.30 bits per heavy atom. The smallest absolute Gasteiger partial charge is 0.191 e. The van der Waals surface area contributed by atoms with Crippen molar-refractivity contribution in [3.63, 3.8) is 0 Å². The zero-order valence-corrected chi connectivity index (χ0v) is 12.7. The summed E-state index contributed by atoms with van der Waals surface area (Å²) in [5.41, 5.74) is 2.20. The van der Waals surface area contributed by atoms with Gasteiger partial charge in [-0.3, -0.25) is 0 Å².